The maximum absolute atomic E-state index is 13.8. The van der Waals surface area contributed by atoms with Gasteiger partial charge in [-0.05, 0) is 59.7 Å². The molecule has 2 saturated heterocycles. The Morgan fingerprint density at radius 3 is 2.36 bits per heavy atom. The molecule has 1 N–H and O–H groups in total. The van der Waals surface area contributed by atoms with Gasteiger partial charge in [0.25, 0.3) is 0 Å². The third kappa shape index (κ3) is 3.37. The van der Waals surface area contributed by atoms with E-state index in [-0.39, 0.29) is 5.91 Å². The van der Waals surface area contributed by atoms with Crippen LogP contribution in [0.3, 0.4) is 0 Å². The maximum Gasteiger partial charge on any atom is 0.249 e. The van der Waals surface area contributed by atoms with E-state index in [2.05, 4.69) is 10.4 Å². The molecule has 8 nitrogen and oxygen atoms in total. The number of nitrogens with zero attached hydrogens (tertiary/aromatic N) is 3. The van der Waals surface area contributed by atoms with Gasteiger partial charge >= 0.3 is 0 Å². The zero-order valence-electron chi connectivity index (χ0n) is 19.2. The Hall–Kier alpha value is -4.17. The predicted molar refractivity (Wildman–Crippen MR) is 135 cm³/mol. The summed E-state index contributed by atoms with van der Waals surface area (Å²) in [6, 6.07) is 19.5. The van der Waals surface area contributed by atoms with E-state index >= 15 is 0 Å². The van der Waals surface area contributed by atoms with Crippen molar-refractivity contribution in [2.75, 3.05) is 17.3 Å². The van der Waals surface area contributed by atoms with E-state index in [4.69, 9.17) is 16.3 Å². The lowest BCUT2D eigenvalue weighted by atomic mass is 9.85. The van der Waals surface area contributed by atoms with E-state index < -0.39 is 35.7 Å². The number of anilines is 2. The fourth-order valence-electron chi connectivity index (χ4n) is 5.40. The monoisotopic (exact) mass is 500 g/mol. The Kier molecular flexibility index (Phi) is 5.26. The van der Waals surface area contributed by atoms with E-state index in [0.29, 0.717) is 22.1 Å². The largest absolute Gasteiger partial charge is 0.497 e. The number of nitrogens with one attached hydrogen (secondary N) is 1. The third-order valence-corrected chi connectivity index (χ3v) is 7.26. The number of amides is 3. The van der Waals surface area contributed by atoms with Crippen molar-refractivity contribution in [1.29, 1.82) is 0 Å². The van der Waals surface area contributed by atoms with E-state index in [1.807, 2.05) is 24.3 Å². The molecule has 3 aliphatic rings. The minimum atomic E-state index is -0.972. The van der Waals surface area contributed by atoms with Crippen LogP contribution in [-0.2, 0) is 14.4 Å². The van der Waals surface area contributed by atoms with Crippen LogP contribution in [0.2, 0.25) is 5.02 Å². The molecule has 3 aliphatic heterocycles. The SMILES string of the molecule is COc1ccc(N2C(=O)[C@@H]3[C@H](C2=O)[C@H](C(=O)Nc2ccc(Cl)cc2)N2N=Cc4ccccc4[C@@H]32)cc1. The Bertz CT molecular complexity index is 1410. The van der Waals surface area contributed by atoms with E-state index in [9.17, 15) is 14.4 Å². The topological polar surface area (TPSA) is 91.3 Å². The molecule has 6 rings (SSSR count). The average molecular weight is 501 g/mol. The van der Waals surface area contributed by atoms with Crippen molar-refractivity contribution in [2.45, 2.75) is 12.1 Å². The minimum Gasteiger partial charge on any atom is -0.497 e. The summed E-state index contributed by atoms with van der Waals surface area (Å²) in [5.41, 5.74) is 2.70. The van der Waals surface area contributed by atoms with Gasteiger partial charge in [0.05, 0.1) is 36.9 Å². The van der Waals surface area contributed by atoms with Crippen LogP contribution >= 0.6 is 11.6 Å². The van der Waals surface area contributed by atoms with Crippen LogP contribution < -0.4 is 15.0 Å². The van der Waals surface area contributed by atoms with Crippen LogP contribution in [-0.4, -0.2) is 42.1 Å². The van der Waals surface area contributed by atoms with Crippen molar-refractivity contribution in [3.8, 4) is 5.75 Å². The number of carbonyl (C=O) groups excluding carboxylic acids is 3. The molecule has 0 aliphatic carbocycles. The smallest absolute Gasteiger partial charge is 0.249 e. The number of hydrazone groups is 1. The lowest BCUT2D eigenvalue weighted by molar-refractivity contribution is -0.129. The number of ether oxygens (including phenoxy) is 1. The molecule has 3 heterocycles. The molecule has 9 heteroatoms. The first kappa shape index (κ1) is 22.3. The van der Waals surface area contributed by atoms with Gasteiger partial charge in [0, 0.05) is 10.7 Å². The highest BCUT2D eigenvalue weighted by atomic mass is 35.5. The highest BCUT2D eigenvalue weighted by molar-refractivity contribution is 6.30. The molecule has 3 amide bonds. The first-order chi connectivity index (χ1) is 17.5. The Labute approximate surface area is 212 Å². The van der Waals surface area contributed by atoms with Gasteiger partial charge in [0.15, 0.2) is 0 Å². The second-order valence-corrected chi connectivity index (χ2v) is 9.34. The van der Waals surface area contributed by atoms with Crippen LogP contribution in [0.25, 0.3) is 0 Å². The number of hydrogen-bond acceptors (Lipinski definition) is 6. The predicted octanol–water partition coefficient (Wildman–Crippen LogP) is 3.87. The molecule has 0 bridgehead atoms. The number of hydrogen-bond donors (Lipinski definition) is 1. The maximum atomic E-state index is 13.8. The van der Waals surface area contributed by atoms with Gasteiger partial charge in [-0.15, -0.1) is 0 Å². The second-order valence-electron chi connectivity index (χ2n) is 8.90. The van der Waals surface area contributed by atoms with Crippen LogP contribution in [0.4, 0.5) is 11.4 Å². The van der Waals surface area contributed by atoms with Gasteiger partial charge in [0.2, 0.25) is 17.7 Å². The summed E-state index contributed by atoms with van der Waals surface area (Å²) in [6.45, 7) is 0. The zero-order valence-corrected chi connectivity index (χ0v) is 19.9. The minimum absolute atomic E-state index is 0.348. The zero-order chi connectivity index (χ0) is 25.0. The van der Waals surface area contributed by atoms with Crippen molar-refractivity contribution >= 4 is 46.9 Å². The van der Waals surface area contributed by atoms with Crippen LogP contribution in [0.15, 0.2) is 77.9 Å². The van der Waals surface area contributed by atoms with Gasteiger partial charge in [-0.2, -0.15) is 5.10 Å². The van der Waals surface area contributed by atoms with Gasteiger partial charge in [-0.3, -0.25) is 19.4 Å². The molecule has 180 valence electrons. The summed E-state index contributed by atoms with van der Waals surface area (Å²) in [5, 5.41) is 9.58. The van der Waals surface area contributed by atoms with Crippen molar-refractivity contribution in [3.63, 3.8) is 0 Å². The molecule has 2 fully saturated rings. The number of benzene rings is 3. The van der Waals surface area contributed by atoms with Crippen molar-refractivity contribution in [1.82, 2.24) is 5.01 Å². The Morgan fingerprint density at radius 1 is 0.944 bits per heavy atom. The van der Waals surface area contributed by atoms with Gasteiger partial charge < -0.3 is 10.1 Å². The van der Waals surface area contributed by atoms with Crippen LogP contribution in [0, 0.1) is 11.8 Å². The Morgan fingerprint density at radius 2 is 1.64 bits per heavy atom. The fraction of sp³-hybridized carbons (Fsp3) is 0.185. The summed E-state index contributed by atoms with van der Waals surface area (Å²) in [6.07, 6.45) is 1.67. The molecule has 3 aromatic rings. The number of carbonyl (C=O) groups is 3. The van der Waals surface area contributed by atoms with Gasteiger partial charge in [0.1, 0.15) is 11.8 Å². The van der Waals surface area contributed by atoms with E-state index in [1.165, 1.54) is 4.90 Å². The molecule has 0 aromatic heterocycles. The quantitative estimate of drug-likeness (QED) is 0.549. The Balaban J connectivity index is 1.42. The summed E-state index contributed by atoms with van der Waals surface area (Å²) in [7, 11) is 1.55. The normalized spacial score (nSPS) is 23.8. The first-order valence-electron chi connectivity index (χ1n) is 11.5. The molecule has 0 unspecified atom stereocenters. The molecule has 36 heavy (non-hydrogen) atoms. The van der Waals surface area contributed by atoms with Crippen LogP contribution in [0.5, 0.6) is 5.75 Å². The van der Waals surface area contributed by atoms with Crippen molar-refractivity contribution < 1.29 is 19.1 Å². The molecule has 3 aromatic carbocycles. The molecular formula is C27H21ClN4O4. The lowest BCUT2D eigenvalue weighted by Gasteiger charge is -2.33. The second kappa shape index (κ2) is 8.49. The van der Waals surface area contributed by atoms with E-state index in [1.54, 1.807) is 66.9 Å². The summed E-state index contributed by atoms with van der Waals surface area (Å²) >= 11 is 5.98. The van der Waals surface area contributed by atoms with Gasteiger partial charge in [-0.25, -0.2) is 4.90 Å². The summed E-state index contributed by atoms with van der Waals surface area (Å²) < 4.78 is 5.21. The van der Waals surface area contributed by atoms with Crippen LogP contribution in [0.1, 0.15) is 17.2 Å². The number of halogens is 1. The summed E-state index contributed by atoms with van der Waals surface area (Å²) in [5.74, 6) is -2.24. The average Bonchev–Trinajstić information content (AvgIpc) is 3.38. The first-order valence-corrected chi connectivity index (χ1v) is 11.9. The van der Waals surface area contributed by atoms with E-state index in [0.717, 1.165) is 11.1 Å². The fourth-order valence-corrected chi connectivity index (χ4v) is 5.53. The number of imide groups is 1. The number of fused-ring (bicyclic) bond motifs is 5. The number of rotatable bonds is 4. The molecular weight excluding hydrogens is 480 g/mol. The highest BCUT2D eigenvalue weighted by Gasteiger charge is 2.65. The molecule has 0 spiro atoms. The van der Waals surface area contributed by atoms with Crippen molar-refractivity contribution in [2.24, 2.45) is 16.9 Å². The highest BCUT2D eigenvalue weighted by Crippen LogP contribution is 2.52. The third-order valence-electron chi connectivity index (χ3n) is 7.00. The van der Waals surface area contributed by atoms with Crippen molar-refractivity contribution in [3.05, 3.63) is 88.9 Å². The lowest BCUT2D eigenvalue weighted by Crippen LogP contribution is -2.46. The summed E-state index contributed by atoms with van der Waals surface area (Å²) in [4.78, 5) is 42.5. The molecule has 0 saturated carbocycles. The number of methoxy groups -OCH3 is 1. The standard InChI is InChI=1S/C27H21ClN4O4/c1-36-19-12-10-18(11-13-19)31-26(34)21-22(27(31)35)24(25(33)30-17-8-6-16(28)7-9-17)32-23(21)20-5-3-2-4-15(20)14-29-32/h2-14,21-24H,1H3,(H,30,33)/t21-,22+,23+,24-/m1/s1. The molecule has 4 atom stereocenters. The molecule has 0 radical (unpaired) electrons. The van der Waals surface area contributed by atoms with Gasteiger partial charge in [-0.1, -0.05) is 35.9 Å².